The molecule has 2 heterocycles. The number of piperazine rings is 1. The summed E-state index contributed by atoms with van der Waals surface area (Å²) in [4.78, 5) is 16.4. The molecule has 1 aliphatic carbocycles. The van der Waals surface area contributed by atoms with Crippen molar-refractivity contribution in [3.05, 3.63) is 105 Å². The van der Waals surface area contributed by atoms with Gasteiger partial charge in [-0.2, -0.15) is 8.70 Å². The Balaban J connectivity index is 1.24. The molecule has 0 spiro atoms. The summed E-state index contributed by atoms with van der Waals surface area (Å²) in [6, 6.07) is 16.3. The van der Waals surface area contributed by atoms with Crippen molar-refractivity contribution in [3.8, 4) is 5.75 Å². The first-order valence-electron chi connectivity index (χ1n) is 15.3. The van der Waals surface area contributed by atoms with E-state index in [9.17, 15) is 26.4 Å². The second-order valence-electron chi connectivity index (χ2n) is 12.2. The van der Waals surface area contributed by atoms with Crippen LogP contribution in [0.1, 0.15) is 42.4 Å². The zero-order valence-corrected chi connectivity index (χ0v) is 26.9. The van der Waals surface area contributed by atoms with E-state index in [0.717, 1.165) is 41.2 Å². The Morgan fingerprint density at radius 1 is 1.02 bits per heavy atom. The lowest BCUT2D eigenvalue weighted by Gasteiger charge is -2.44. The Kier molecular flexibility index (Phi) is 9.48. The number of sulfonamides is 1. The minimum absolute atomic E-state index is 0.00283. The van der Waals surface area contributed by atoms with E-state index in [-0.39, 0.29) is 31.1 Å². The number of ether oxygens (including phenoxy) is 1. The maximum atomic E-state index is 14.5. The number of fused-ring (bicyclic) bond motifs is 2. The van der Waals surface area contributed by atoms with Gasteiger partial charge < -0.3 is 15.0 Å². The number of amides is 1. The van der Waals surface area contributed by atoms with Gasteiger partial charge in [-0.15, -0.1) is 0 Å². The number of rotatable bonds is 11. The molecule has 1 saturated carbocycles. The van der Waals surface area contributed by atoms with Crippen LogP contribution in [-0.2, 0) is 27.8 Å². The van der Waals surface area contributed by atoms with Crippen molar-refractivity contribution < 1.29 is 31.1 Å². The fraction of sp³-hybridized carbons (Fsp3) is 0.382. The van der Waals surface area contributed by atoms with E-state index in [0.29, 0.717) is 49.0 Å². The summed E-state index contributed by atoms with van der Waals surface area (Å²) in [5, 5.41) is 4.11. The van der Waals surface area contributed by atoms with Gasteiger partial charge >= 0.3 is 0 Å². The molecule has 0 aromatic heterocycles. The van der Waals surface area contributed by atoms with E-state index in [1.54, 1.807) is 6.07 Å². The fourth-order valence-corrected chi connectivity index (χ4v) is 7.35. The Labute approximate surface area is 272 Å². The number of hydrogen-bond acceptors (Lipinski definition) is 5. The molecule has 2 bridgehead atoms. The van der Waals surface area contributed by atoms with E-state index in [4.69, 9.17) is 16.3 Å². The first kappa shape index (κ1) is 32.6. The third-order valence-electron chi connectivity index (χ3n) is 8.78. The van der Waals surface area contributed by atoms with E-state index in [1.807, 2.05) is 47.4 Å². The lowest BCUT2D eigenvalue weighted by molar-refractivity contribution is -0.128. The highest BCUT2D eigenvalue weighted by molar-refractivity contribution is 7.88. The quantitative estimate of drug-likeness (QED) is 0.208. The predicted molar refractivity (Wildman–Crippen MR) is 170 cm³/mol. The van der Waals surface area contributed by atoms with Crippen LogP contribution >= 0.6 is 11.6 Å². The number of hydrogen-bond donors (Lipinski definition) is 1. The van der Waals surface area contributed by atoms with Crippen LogP contribution in [0, 0.1) is 17.5 Å². The molecular weight excluding hydrogens is 639 g/mol. The van der Waals surface area contributed by atoms with Crippen LogP contribution in [0.4, 0.5) is 13.2 Å². The number of aryl methyl sites for hydroxylation is 1. The van der Waals surface area contributed by atoms with Crippen molar-refractivity contribution in [2.75, 3.05) is 26.0 Å². The van der Waals surface area contributed by atoms with Gasteiger partial charge in [0.1, 0.15) is 0 Å². The number of nitrogens with zero attached hydrogens (tertiary/aromatic N) is 2. The highest BCUT2D eigenvalue weighted by Gasteiger charge is 2.44. The molecule has 2 aliphatic heterocycles. The molecule has 7 nitrogen and oxygen atoms in total. The van der Waals surface area contributed by atoms with Crippen molar-refractivity contribution >= 4 is 33.1 Å². The van der Waals surface area contributed by atoms with Gasteiger partial charge in [0.2, 0.25) is 15.8 Å². The molecule has 46 heavy (non-hydrogen) atoms. The second kappa shape index (κ2) is 13.4. The second-order valence-corrected chi connectivity index (χ2v) is 14.6. The summed E-state index contributed by atoms with van der Waals surface area (Å²) in [5.41, 5.74) is 4.15. The molecule has 6 rings (SSSR count). The standard InChI is InChI=1S/C34H35ClF3N3O4S/c1-46(43,44)40-19-24-17-26(22-10-8-21(9-11-22)5-4-16-45-33-29(37)15-14-28(36)32(33)38)31(30(20-40)39-24)34(42)41(25-12-13-25)18-23-6-2-3-7-27(23)35/h2-3,6-11,14-15,24-25,30,39H,4-5,12-13,16-20H2,1H3. The van der Waals surface area contributed by atoms with Gasteiger partial charge in [0.25, 0.3) is 5.91 Å². The predicted octanol–water partition coefficient (Wildman–Crippen LogP) is 5.72. The normalized spacial score (nSPS) is 20.1. The van der Waals surface area contributed by atoms with Crippen LogP contribution in [-0.4, -0.2) is 67.6 Å². The van der Waals surface area contributed by atoms with Crippen molar-refractivity contribution in [1.29, 1.82) is 0 Å². The van der Waals surface area contributed by atoms with E-state index < -0.39 is 39.3 Å². The Morgan fingerprint density at radius 3 is 2.43 bits per heavy atom. The third-order valence-corrected chi connectivity index (χ3v) is 10.4. The summed E-state index contributed by atoms with van der Waals surface area (Å²) in [6.07, 6.45) is 4.45. The Hall–Kier alpha value is -3.38. The molecule has 2 unspecified atom stereocenters. The molecule has 1 saturated heterocycles. The topological polar surface area (TPSA) is 79.0 Å². The molecule has 12 heteroatoms. The molecular formula is C34H35ClF3N3O4S. The molecule has 244 valence electrons. The van der Waals surface area contributed by atoms with Crippen molar-refractivity contribution in [2.24, 2.45) is 0 Å². The zero-order valence-electron chi connectivity index (χ0n) is 25.3. The van der Waals surface area contributed by atoms with E-state index in [1.165, 1.54) is 10.6 Å². The fourth-order valence-electron chi connectivity index (χ4n) is 6.28. The average molecular weight is 674 g/mol. The number of nitrogens with one attached hydrogen (secondary N) is 1. The maximum Gasteiger partial charge on any atom is 0.252 e. The minimum atomic E-state index is -3.46. The Bertz CT molecular complexity index is 1770. The van der Waals surface area contributed by atoms with Gasteiger partial charge in [0, 0.05) is 42.3 Å². The summed E-state index contributed by atoms with van der Waals surface area (Å²) in [6.45, 7) is 0.833. The highest BCUT2D eigenvalue weighted by atomic mass is 35.5. The molecule has 3 aliphatic rings. The lowest BCUT2D eigenvalue weighted by atomic mass is 9.83. The number of halogens is 4. The van der Waals surface area contributed by atoms with Crippen molar-refractivity contribution in [3.63, 3.8) is 0 Å². The van der Waals surface area contributed by atoms with Gasteiger partial charge in [0.15, 0.2) is 17.4 Å². The highest BCUT2D eigenvalue weighted by Crippen LogP contribution is 2.38. The number of benzene rings is 3. The SMILES string of the molecule is CS(=O)(=O)N1CC2CC(c3ccc(CCCOc4c(F)ccc(F)c4F)cc3)=C(C(=O)N(Cc3ccccc3Cl)C3CC3)C(C1)N2. The molecule has 3 aromatic rings. The molecule has 1 N–H and O–H groups in total. The average Bonchev–Trinajstić information content (AvgIpc) is 3.87. The van der Waals surface area contributed by atoms with Crippen molar-refractivity contribution in [1.82, 2.24) is 14.5 Å². The van der Waals surface area contributed by atoms with Crippen LogP contribution in [0.5, 0.6) is 5.75 Å². The third kappa shape index (κ3) is 7.12. The Morgan fingerprint density at radius 2 is 1.74 bits per heavy atom. The monoisotopic (exact) mass is 673 g/mol. The summed E-state index contributed by atoms with van der Waals surface area (Å²) in [7, 11) is -3.46. The van der Waals surface area contributed by atoms with Gasteiger partial charge in [0.05, 0.1) is 18.9 Å². The maximum absolute atomic E-state index is 14.5. The van der Waals surface area contributed by atoms with E-state index in [2.05, 4.69) is 5.32 Å². The van der Waals surface area contributed by atoms with Gasteiger partial charge in [-0.1, -0.05) is 54.1 Å². The zero-order chi connectivity index (χ0) is 32.6. The van der Waals surface area contributed by atoms with Crippen LogP contribution in [0.15, 0.2) is 66.2 Å². The number of carbonyl (C=O) groups is 1. The first-order chi connectivity index (χ1) is 22.0. The van der Waals surface area contributed by atoms with Crippen LogP contribution in [0.3, 0.4) is 0 Å². The molecule has 1 amide bonds. The minimum Gasteiger partial charge on any atom is -0.488 e. The van der Waals surface area contributed by atoms with Gasteiger partial charge in [-0.3, -0.25) is 4.79 Å². The summed E-state index contributed by atoms with van der Waals surface area (Å²) in [5.74, 6) is -4.32. The van der Waals surface area contributed by atoms with Crippen LogP contribution < -0.4 is 10.1 Å². The summed E-state index contributed by atoms with van der Waals surface area (Å²) >= 11 is 6.48. The van der Waals surface area contributed by atoms with Gasteiger partial charge in [-0.25, -0.2) is 17.2 Å². The van der Waals surface area contributed by atoms with E-state index >= 15 is 0 Å². The summed E-state index contributed by atoms with van der Waals surface area (Å²) < 4.78 is 73.0. The number of carbonyl (C=O) groups excluding carboxylic acids is 1. The molecule has 2 atom stereocenters. The smallest absolute Gasteiger partial charge is 0.252 e. The first-order valence-corrected chi connectivity index (χ1v) is 17.6. The largest absolute Gasteiger partial charge is 0.488 e. The van der Waals surface area contributed by atoms with Crippen molar-refractivity contribution in [2.45, 2.75) is 56.8 Å². The molecule has 3 aromatic carbocycles. The van der Waals surface area contributed by atoms with Crippen LogP contribution in [0.2, 0.25) is 5.02 Å². The van der Waals surface area contributed by atoms with Crippen LogP contribution in [0.25, 0.3) is 5.57 Å². The van der Waals surface area contributed by atoms with Gasteiger partial charge in [-0.05, 0) is 72.6 Å². The molecule has 2 fully saturated rings. The molecule has 0 radical (unpaired) electrons. The lowest BCUT2D eigenvalue weighted by Crippen LogP contribution is -2.62.